The van der Waals surface area contributed by atoms with E-state index in [1.54, 1.807) is 0 Å². The molecule has 99 valence electrons. The van der Waals surface area contributed by atoms with Crippen molar-refractivity contribution < 1.29 is 5.11 Å². The Balaban J connectivity index is 2.13. The largest absolute Gasteiger partial charge is 0.507 e. The highest BCUT2D eigenvalue weighted by atomic mass is 16.3. The Morgan fingerprint density at radius 3 is 2.42 bits per heavy atom. The molecule has 1 nitrogen and oxygen atoms in total. The molecule has 1 radical (unpaired) electrons. The van der Waals surface area contributed by atoms with Crippen LogP contribution in [0, 0.1) is 17.3 Å². The molecule has 1 saturated carbocycles. The monoisotopic (exact) mass is 253 g/mol. The first-order valence-corrected chi connectivity index (χ1v) is 7.06. The van der Waals surface area contributed by atoms with Gasteiger partial charge in [-0.2, -0.15) is 0 Å². The van der Waals surface area contributed by atoms with E-state index in [9.17, 15) is 5.11 Å². The molecule has 2 aromatic rings. The van der Waals surface area contributed by atoms with Crippen molar-refractivity contribution in [2.45, 2.75) is 33.6 Å². The number of rotatable bonds is 2. The summed E-state index contributed by atoms with van der Waals surface area (Å²) in [6.45, 7) is 6.81. The van der Waals surface area contributed by atoms with Gasteiger partial charge in [0.25, 0.3) is 0 Å². The van der Waals surface area contributed by atoms with Gasteiger partial charge in [0.1, 0.15) is 5.75 Å². The zero-order valence-corrected chi connectivity index (χ0v) is 11.9. The lowest BCUT2D eigenvalue weighted by atomic mass is 9.73. The molecule has 0 unspecified atom stereocenters. The summed E-state index contributed by atoms with van der Waals surface area (Å²) >= 11 is 0. The Morgan fingerprint density at radius 2 is 1.79 bits per heavy atom. The molecule has 0 heterocycles. The van der Waals surface area contributed by atoms with Crippen molar-refractivity contribution in [1.29, 1.82) is 0 Å². The lowest BCUT2D eigenvalue weighted by Crippen LogP contribution is -2.21. The molecule has 0 bridgehead atoms. The Labute approximate surface area is 115 Å². The third kappa shape index (κ3) is 2.34. The van der Waals surface area contributed by atoms with Crippen molar-refractivity contribution in [1.82, 2.24) is 0 Å². The smallest absolute Gasteiger partial charge is 0.123 e. The van der Waals surface area contributed by atoms with Gasteiger partial charge in [-0.15, -0.1) is 0 Å². The average molecular weight is 253 g/mol. The van der Waals surface area contributed by atoms with E-state index in [0.29, 0.717) is 11.7 Å². The molecule has 1 N–H and O–H groups in total. The zero-order chi connectivity index (χ0) is 13.6. The second-order valence-electron chi connectivity index (χ2n) is 6.65. The predicted octanol–water partition coefficient (Wildman–Crippen LogP) is 4.92. The molecule has 1 heteroatoms. The molecule has 0 spiro atoms. The number of phenols is 1. The lowest BCUT2D eigenvalue weighted by molar-refractivity contribution is 0.414. The van der Waals surface area contributed by atoms with Gasteiger partial charge in [-0.3, -0.25) is 0 Å². The molecule has 3 rings (SSSR count). The zero-order valence-electron chi connectivity index (χ0n) is 11.9. The Kier molecular flexibility index (Phi) is 2.81. The molecule has 0 amide bonds. The number of hydrogen-bond donors (Lipinski definition) is 1. The maximum atomic E-state index is 10.3. The second kappa shape index (κ2) is 4.26. The summed E-state index contributed by atoms with van der Waals surface area (Å²) in [5, 5.41) is 12.3. The topological polar surface area (TPSA) is 20.2 Å². The predicted molar refractivity (Wildman–Crippen MR) is 80.1 cm³/mol. The van der Waals surface area contributed by atoms with E-state index in [2.05, 4.69) is 32.9 Å². The van der Waals surface area contributed by atoms with Gasteiger partial charge < -0.3 is 5.11 Å². The number of benzene rings is 2. The van der Waals surface area contributed by atoms with Crippen LogP contribution in [0.3, 0.4) is 0 Å². The third-order valence-corrected chi connectivity index (χ3v) is 3.94. The van der Waals surface area contributed by atoms with Crippen LogP contribution in [0.2, 0.25) is 0 Å². The van der Waals surface area contributed by atoms with Crippen molar-refractivity contribution in [3.63, 3.8) is 0 Å². The summed E-state index contributed by atoms with van der Waals surface area (Å²) in [7, 11) is 0. The van der Waals surface area contributed by atoms with Crippen LogP contribution in [0.15, 0.2) is 36.4 Å². The van der Waals surface area contributed by atoms with Crippen LogP contribution in [0.4, 0.5) is 0 Å². The second-order valence-corrected chi connectivity index (χ2v) is 6.65. The Bertz CT molecular complexity index is 603. The van der Waals surface area contributed by atoms with Gasteiger partial charge in [-0.1, -0.05) is 51.1 Å². The maximum absolute atomic E-state index is 10.3. The standard InChI is InChI=1S/C18H21O/c1-18(2,3)17(12-8-9-12)14-10-13-6-4-5-7-15(13)16(19)11-14/h4-7,10-12,19H,8-9H2,1-3H3. The van der Waals surface area contributed by atoms with Crippen LogP contribution in [0.1, 0.15) is 39.2 Å². The van der Waals surface area contributed by atoms with Crippen molar-refractivity contribution in [2.75, 3.05) is 0 Å². The van der Waals surface area contributed by atoms with E-state index in [1.807, 2.05) is 24.3 Å². The fourth-order valence-electron chi connectivity index (χ4n) is 3.10. The van der Waals surface area contributed by atoms with Crippen LogP contribution in [-0.2, 0) is 0 Å². The molecular formula is C18H21O. The van der Waals surface area contributed by atoms with Crippen LogP contribution < -0.4 is 0 Å². The van der Waals surface area contributed by atoms with Gasteiger partial charge in [0.15, 0.2) is 0 Å². The fourth-order valence-corrected chi connectivity index (χ4v) is 3.10. The molecule has 1 aliphatic rings. The van der Waals surface area contributed by atoms with Crippen molar-refractivity contribution in [3.8, 4) is 5.75 Å². The fraction of sp³-hybridized carbons (Fsp3) is 0.389. The Morgan fingerprint density at radius 1 is 1.11 bits per heavy atom. The third-order valence-electron chi connectivity index (χ3n) is 3.94. The van der Waals surface area contributed by atoms with Gasteiger partial charge in [-0.05, 0) is 41.2 Å². The molecule has 0 atom stereocenters. The summed E-state index contributed by atoms with van der Waals surface area (Å²) in [6.07, 6.45) is 2.58. The minimum Gasteiger partial charge on any atom is -0.507 e. The van der Waals surface area contributed by atoms with Gasteiger partial charge >= 0.3 is 0 Å². The molecule has 1 aliphatic carbocycles. The molecular weight excluding hydrogens is 232 g/mol. The van der Waals surface area contributed by atoms with Crippen LogP contribution >= 0.6 is 0 Å². The average Bonchev–Trinajstić information content (AvgIpc) is 3.12. The first-order chi connectivity index (χ1) is 8.97. The SMILES string of the molecule is CC(C)(C)[C](c1cc(O)c2ccccc2c1)C1CC1. The molecule has 0 aliphatic heterocycles. The first kappa shape index (κ1) is 12.5. The number of phenolic OH excluding ortho intramolecular Hbond substituents is 1. The number of aromatic hydroxyl groups is 1. The van der Waals surface area contributed by atoms with E-state index in [1.165, 1.54) is 24.3 Å². The Hall–Kier alpha value is -1.50. The first-order valence-electron chi connectivity index (χ1n) is 7.06. The van der Waals surface area contributed by atoms with Crippen LogP contribution in [-0.4, -0.2) is 5.11 Å². The van der Waals surface area contributed by atoms with Gasteiger partial charge in [-0.25, -0.2) is 0 Å². The minimum absolute atomic E-state index is 0.163. The summed E-state index contributed by atoms with van der Waals surface area (Å²) in [5.41, 5.74) is 1.38. The summed E-state index contributed by atoms with van der Waals surface area (Å²) in [6, 6.07) is 12.2. The van der Waals surface area contributed by atoms with E-state index < -0.39 is 0 Å². The lowest BCUT2D eigenvalue weighted by Gasteiger charge is -2.31. The number of hydrogen-bond acceptors (Lipinski definition) is 1. The highest BCUT2D eigenvalue weighted by Gasteiger charge is 2.40. The van der Waals surface area contributed by atoms with Gasteiger partial charge in [0, 0.05) is 11.3 Å². The van der Waals surface area contributed by atoms with E-state index in [0.717, 1.165) is 10.8 Å². The molecule has 0 aromatic heterocycles. The summed E-state index contributed by atoms with van der Waals surface area (Å²) < 4.78 is 0. The highest BCUT2D eigenvalue weighted by Crippen LogP contribution is 2.51. The van der Waals surface area contributed by atoms with Gasteiger partial charge in [0.2, 0.25) is 0 Å². The van der Waals surface area contributed by atoms with Crippen molar-refractivity contribution >= 4 is 10.8 Å². The summed E-state index contributed by atoms with van der Waals surface area (Å²) in [5.74, 6) is 2.60. The summed E-state index contributed by atoms with van der Waals surface area (Å²) in [4.78, 5) is 0. The van der Waals surface area contributed by atoms with Crippen LogP contribution in [0.5, 0.6) is 5.75 Å². The molecule has 1 fully saturated rings. The molecule has 2 aromatic carbocycles. The molecule has 0 saturated heterocycles. The van der Waals surface area contributed by atoms with E-state index in [4.69, 9.17) is 0 Å². The normalized spacial score (nSPS) is 16.2. The minimum atomic E-state index is 0.163. The maximum Gasteiger partial charge on any atom is 0.123 e. The highest BCUT2D eigenvalue weighted by molar-refractivity contribution is 5.89. The van der Waals surface area contributed by atoms with Crippen molar-refractivity contribution in [2.24, 2.45) is 11.3 Å². The van der Waals surface area contributed by atoms with Gasteiger partial charge in [0.05, 0.1) is 0 Å². The van der Waals surface area contributed by atoms with Crippen molar-refractivity contribution in [3.05, 3.63) is 47.9 Å². The quantitative estimate of drug-likeness (QED) is 0.805. The van der Waals surface area contributed by atoms with E-state index in [-0.39, 0.29) is 5.41 Å². The number of fused-ring (bicyclic) bond motifs is 1. The molecule has 19 heavy (non-hydrogen) atoms. The van der Waals surface area contributed by atoms with E-state index >= 15 is 0 Å². The van der Waals surface area contributed by atoms with Crippen LogP contribution in [0.25, 0.3) is 10.8 Å².